The van der Waals surface area contributed by atoms with E-state index in [1.807, 2.05) is 0 Å². The average Bonchev–Trinajstić information content (AvgIpc) is 3.14. The molecule has 3 heteroatoms. The van der Waals surface area contributed by atoms with Crippen molar-refractivity contribution in [3.05, 3.63) is 28.2 Å². The van der Waals surface area contributed by atoms with E-state index in [0.29, 0.717) is 0 Å². The van der Waals surface area contributed by atoms with Gasteiger partial charge in [-0.15, -0.1) is 0 Å². The van der Waals surface area contributed by atoms with Gasteiger partial charge in [0.15, 0.2) is 0 Å². The molecule has 1 N–H and O–H groups in total. The van der Waals surface area contributed by atoms with Crippen molar-refractivity contribution >= 4 is 21.6 Å². The van der Waals surface area contributed by atoms with Crippen LogP contribution in [0.1, 0.15) is 31.7 Å². The highest BCUT2D eigenvalue weighted by molar-refractivity contribution is 9.10. The van der Waals surface area contributed by atoms with E-state index in [4.69, 9.17) is 0 Å². The molecule has 1 aromatic carbocycles. The number of hydrogen-bond donors (Lipinski definition) is 1. The van der Waals surface area contributed by atoms with Crippen molar-refractivity contribution in [3.8, 4) is 0 Å². The Bertz CT molecular complexity index is 374. The number of halogens is 1. The summed E-state index contributed by atoms with van der Waals surface area (Å²) in [6.07, 6.45) is 3.86. The van der Waals surface area contributed by atoms with Gasteiger partial charge in [0.25, 0.3) is 0 Å². The van der Waals surface area contributed by atoms with Crippen LogP contribution in [0.5, 0.6) is 0 Å². The lowest BCUT2D eigenvalue weighted by Gasteiger charge is -2.19. The molecule has 1 saturated carbocycles. The zero-order valence-corrected chi connectivity index (χ0v) is 12.3. The topological polar surface area (TPSA) is 15.3 Å². The second-order valence-corrected chi connectivity index (χ2v) is 5.65. The Morgan fingerprint density at radius 2 is 2.18 bits per heavy atom. The lowest BCUT2D eigenvalue weighted by molar-refractivity contribution is 0.674. The Kier molecular flexibility index (Phi) is 4.46. The van der Waals surface area contributed by atoms with E-state index in [1.165, 1.54) is 35.0 Å². The predicted molar refractivity (Wildman–Crippen MR) is 77.6 cm³/mol. The van der Waals surface area contributed by atoms with Gasteiger partial charge in [0, 0.05) is 29.8 Å². The number of nitrogens with one attached hydrogen (secondary N) is 1. The number of rotatable bonds is 6. The molecular weight excluding hydrogens is 276 g/mol. The lowest BCUT2D eigenvalue weighted by atomic mass is 10.2. The predicted octanol–water partition coefficient (Wildman–Crippen LogP) is 3.55. The number of nitrogens with zero attached hydrogens (tertiary/aromatic N) is 1. The molecule has 0 spiro atoms. The van der Waals surface area contributed by atoms with E-state index in [9.17, 15) is 0 Å². The van der Waals surface area contributed by atoms with Gasteiger partial charge in [-0.25, -0.2) is 0 Å². The van der Waals surface area contributed by atoms with Crippen LogP contribution in [0.15, 0.2) is 22.7 Å². The molecule has 0 aliphatic heterocycles. The Hall–Kier alpha value is -0.540. The Morgan fingerprint density at radius 1 is 1.41 bits per heavy atom. The lowest BCUT2D eigenvalue weighted by Crippen LogP contribution is -2.19. The fraction of sp³-hybridized carbons (Fsp3) is 0.571. The van der Waals surface area contributed by atoms with Crippen molar-refractivity contribution in [1.82, 2.24) is 5.32 Å². The number of anilines is 1. The first-order chi connectivity index (χ1) is 8.22. The molecule has 0 unspecified atom stereocenters. The minimum absolute atomic E-state index is 0.769. The molecule has 0 heterocycles. The molecule has 94 valence electrons. The smallest absolute Gasteiger partial charge is 0.0377 e. The van der Waals surface area contributed by atoms with Gasteiger partial charge in [0.05, 0.1) is 0 Å². The first-order valence-electron chi connectivity index (χ1n) is 6.44. The monoisotopic (exact) mass is 296 g/mol. The third kappa shape index (κ3) is 3.46. The van der Waals surface area contributed by atoms with Gasteiger partial charge in [-0.3, -0.25) is 0 Å². The molecule has 0 radical (unpaired) electrons. The van der Waals surface area contributed by atoms with Crippen LogP contribution in [-0.2, 0) is 6.54 Å². The van der Waals surface area contributed by atoms with Crippen LogP contribution in [0.4, 0.5) is 5.69 Å². The van der Waals surface area contributed by atoms with Gasteiger partial charge in [-0.05, 0) is 43.5 Å². The van der Waals surface area contributed by atoms with E-state index >= 15 is 0 Å². The first kappa shape index (κ1) is 12.9. The third-order valence-electron chi connectivity index (χ3n) is 3.28. The van der Waals surface area contributed by atoms with Crippen molar-refractivity contribution in [2.24, 2.45) is 0 Å². The first-order valence-corrected chi connectivity index (χ1v) is 7.23. The molecule has 1 aliphatic carbocycles. The summed E-state index contributed by atoms with van der Waals surface area (Å²) in [5.41, 5.74) is 2.66. The summed E-state index contributed by atoms with van der Waals surface area (Å²) >= 11 is 3.67. The molecular formula is C14H21BrN2. The summed E-state index contributed by atoms with van der Waals surface area (Å²) in [4.78, 5) is 2.38. The number of hydrogen-bond acceptors (Lipinski definition) is 2. The summed E-state index contributed by atoms with van der Waals surface area (Å²) in [5, 5.41) is 3.43. The molecule has 0 aromatic heterocycles. The van der Waals surface area contributed by atoms with Crippen molar-refractivity contribution in [1.29, 1.82) is 0 Å². The molecule has 0 atom stereocenters. The quantitative estimate of drug-likeness (QED) is 0.808. The summed E-state index contributed by atoms with van der Waals surface area (Å²) in [5.74, 6) is 0. The standard InChI is InChI=1S/C14H21BrN2/c1-3-8-16-10-11-4-5-13(9-14(11)15)17(2)12-6-7-12/h4-5,9,12,16H,3,6-8,10H2,1-2H3. The maximum atomic E-state index is 3.67. The normalized spacial score (nSPS) is 15.0. The largest absolute Gasteiger partial charge is 0.372 e. The van der Waals surface area contributed by atoms with Gasteiger partial charge in [0.2, 0.25) is 0 Å². The van der Waals surface area contributed by atoms with E-state index in [2.05, 4.69) is 58.3 Å². The van der Waals surface area contributed by atoms with Crippen LogP contribution in [0, 0.1) is 0 Å². The van der Waals surface area contributed by atoms with Gasteiger partial charge in [-0.1, -0.05) is 28.9 Å². The van der Waals surface area contributed by atoms with Gasteiger partial charge in [0.1, 0.15) is 0 Å². The Morgan fingerprint density at radius 3 is 2.76 bits per heavy atom. The highest BCUT2D eigenvalue weighted by Gasteiger charge is 2.26. The minimum atomic E-state index is 0.769. The Labute approximate surface area is 113 Å². The zero-order valence-electron chi connectivity index (χ0n) is 10.7. The van der Waals surface area contributed by atoms with E-state index in [1.54, 1.807) is 0 Å². The van der Waals surface area contributed by atoms with Crippen molar-refractivity contribution in [2.75, 3.05) is 18.5 Å². The summed E-state index contributed by atoms with van der Waals surface area (Å²) < 4.78 is 1.21. The van der Waals surface area contributed by atoms with Crippen LogP contribution < -0.4 is 10.2 Å². The molecule has 0 amide bonds. The maximum Gasteiger partial charge on any atom is 0.0377 e. The Balaban J connectivity index is 2.00. The molecule has 1 aromatic rings. The van der Waals surface area contributed by atoms with Crippen LogP contribution in [0.25, 0.3) is 0 Å². The zero-order chi connectivity index (χ0) is 12.3. The molecule has 17 heavy (non-hydrogen) atoms. The van der Waals surface area contributed by atoms with E-state index in [0.717, 1.165) is 19.1 Å². The number of benzene rings is 1. The molecule has 0 bridgehead atoms. The maximum absolute atomic E-state index is 3.67. The summed E-state index contributed by atoms with van der Waals surface area (Å²) in [7, 11) is 2.19. The van der Waals surface area contributed by atoms with E-state index in [-0.39, 0.29) is 0 Å². The second kappa shape index (κ2) is 5.87. The molecule has 2 rings (SSSR count). The SMILES string of the molecule is CCCNCc1ccc(N(C)C2CC2)cc1Br. The molecule has 2 nitrogen and oxygen atoms in total. The molecule has 1 aliphatic rings. The minimum Gasteiger partial charge on any atom is -0.372 e. The van der Waals surface area contributed by atoms with Crippen LogP contribution >= 0.6 is 15.9 Å². The fourth-order valence-corrected chi connectivity index (χ4v) is 2.48. The second-order valence-electron chi connectivity index (χ2n) is 4.79. The van der Waals surface area contributed by atoms with E-state index < -0.39 is 0 Å². The van der Waals surface area contributed by atoms with Gasteiger partial charge < -0.3 is 10.2 Å². The summed E-state index contributed by atoms with van der Waals surface area (Å²) in [6.45, 7) is 4.22. The van der Waals surface area contributed by atoms with Crippen LogP contribution in [0.2, 0.25) is 0 Å². The highest BCUT2D eigenvalue weighted by Crippen LogP contribution is 2.32. The highest BCUT2D eigenvalue weighted by atomic mass is 79.9. The van der Waals surface area contributed by atoms with Crippen LogP contribution in [0.3, 0.4) is 0 Å². The van der Waals surface area contributed by atoms with Crippen LogP contribution in [-0.4, -0.2) is 19.6 Å². The third-order valence-corrected chi connectivity index (χ3v) is 4.02. The summed E-state index contributed by atoms with van der Waals surface area (Å²) in [6, 6.07) is 7.46. The van der Waals surface area contributed by atoms with Crippen molar-refractivity contribution in [3.63, 3.8) is 0 Å². The van der Waals surface area contributed by atoms with Gasteiger partial charge >= 0.3 is 0 Å². The van der Waals surface area contributed by atoms with Crippen molar-refractivity contribution < 1.29 is 0 Å². The average molecular weight is 297 g/mol. The van der Waals surface area contributed by atoms with Crippen molar-refractivity contribution in [2.45, 2.75) is 38.8 Å². The molecule has 0 saturated heterocycles. The molecule has 1 fully saturated rings. The van der Waals surface area contributed by atoms with Gasteiger partial charge in [-0.2, -0.15) is 0 Å². The fourth-order valence-electron chi connectivity index (χ4n) is 1.97.